The lowest BCUT2D eigenvalue weighted by Crippen LogP contribution is -2.55. The average molecular weight is 523 g/mol. The summed E-state index contributed by atoms with van der Waals surface area (Å²) in [5.41, 5.74) is 0.970. The summed E-state index contributed by atoms with van der Waals surface area (Å²) in [6.07, 6.45) is 0.168. The highest BCUT2D eigenvalue weighted by Crippen LogP contribution is 2.37. The number of carbonyl (C=O) groups is 1. The summed E-state index contributed by atoms with van der Waals surface area (Å²) in [6.45, 7) is 7.86. The third-order valence-electron chi connectivity index (χ3n) is 7.14. The zero-order valence-corrected chi connectivity index (χ0v) is 21.9. The predicted molar refractivity (Wildman–Crippen MR) is 133 cm³/mol. The number of ketones is 1. The van der Waals surface area contributed by atoms with Gasteiger partial charge in [0.1, 0.15) is 5.82 Å². The lowest BCUT2D eigenvalue weighted by atomic mass is 9.77. The molecule has 2 aromatic carbocycles. The second-order valence-electron chi connectivity index (χ2n) is 10.1. The van der Waals surface area contributed by atoms with Gasteiger partial charge in [-0.15, -0.1) is 0 Å². The van der Waals surface area contributed by atoms with Gasteiger partial charge in [-0.3, -0.25) is 4.79 Å². The number of carbonyl (C=O) groups excluding carboxylic acids is 1. The van der Waals surface area contributed by atoms with E-state index >= 15 is 0 Å². The maximum absolute atomic E-state index is 13.5. The molecule has 0 radical (unpaired) electrons. The zero-order valence-electron chi connectivity index (χ0n) is 20.3. The number of halogens is 2. The Hall–Kier alpha value is -1.82. The summed E-state index contributed by atoms with van der Waals surface area (Å²) in [7, 11) is -3.13. The molecular weight excluding hydrogens is 494 g/mol. The fourth-order valence-electron chi connectivity index (χ4n) is 4.26. The number of nitrogens with zero attached hydrogens (tertiary/aromatic N) is 1. The van der Waals surface area contributed by atoms with E-state index in [1.54, 1.807) is 0 Å². The van der Waals surface area contributed by atoms with Gasteiger partial charge in [-0.2, -0.15) is 17.4 Å². The number of hydrogen-bond donors (Lipinski definition) is 1. The molecule has 2 fully saturated rings. The molecule has 2 atom stereocenters. The van der Waals surface area contributed by atoms with E-state index in [2.05, 4.69) is 4.72 Å². The van der Waals surface area contributed by atoms with Gasteiger partial charge in [0, 0.05) is 19.5 Å². The molecule has 0 bridgehead atoms. The Bertz CT molecular complexity index is 1240. The topological polar surface area (TPSA) is 84.9 Å². The van der Waals surface area contributed by atoms with Crippen molar-refractivity contribution in [2.24, 2.45) is 0 Å². The second-order valence-corrected chi connectivity index (χ2v) is 12.3. The van der Waals surface area contributed by atoms with E-state index in [1.807, 2.05) is 52.0 Å². The number of hydrogen-bond acceptors (Lipinski definition) is 5. The van der Waals surface area contributed by atoms with Crippen molar-refractivity contribution in [1.29, 1.82) is 0 Å². The Morgan fingerprint density at radius 3 is 2.46 bits per heavy atom. The summed E-state index contributed by atoms with van der Waals surface area (Å²) in [5.74, 6) is -0.876. The number of rotatable bonds is 5. The smallest absolute Gasteiger partial charge is 0.399 e. The van der Waals surface area contributed by atoms with Crippen LogP contribution in [0.25, 0.3) is 0 Å². The van der Waals surface area contributed by atoms with Gasteiger partial charge in [-0.1, -0.05) is 41.9 Å². The van der Waals surface area contributed by atoms with Crippen molar-refractivity contribution in [3.05, 3.63) is 64.4 Å². The highest BCUT2D eigenvalue weighted by atomic mass is 35.5. The fraction of sp³-hybridized carbons (Fsp3) is 0.458. The lowest BCUT2D eigenvalue weighted by molar-refractivity contribution is -0.122. The molecule has 2 aliphatic heterocycles. The van der Waals surface area contributed by atoms with E-state index in [-0.39, 0.29) is 23.6 Å². The van der Waals surface area contributed by atoms with Gasteiger partial charge >= 0.3 is 7.12 Å². The summed E-state index contributed by atoms with van der Waals surface area (Å²) >= 11 is 5.84. The SMILES string of the molecule is CN1C(C(=O)Cc2ccc(F)c(Cl)c2)CC(c2cccc(B3OC(C)(C)C(C)(C)O3)c2)NS1(=O)=O. The molecule has 4 rings (SSSR count). The first kappa shape index (κ1) is 26.3. The maximum atomic E-state index is 13.5. The average Bonchev–Trinajstić information content (AvgIpc) is 2.99. The lowest BCUT2D eigenvalue weighted by Gasteiger charge is -2.36. The quantitative estimate of drug-likeness (QED) is 0.610. The van der Waals surface area contributed by atoms with Crippen molar-refractivity contribution in [1.82, 2.24) is 9.03 Å². The molecule has 2 aliphatic rings. The van der Waals surface area contributed by atoms with E-state index in [4.69, 9.17) is 20.9 Å². The molecule has 1 N–H and O–H groups in total. The van der Waals surface area contributed by atoms with Crippen molar-refractivity contribution >= 4 is 40.2 Å². The maximum Gasteiger partial charge on any atom is 0.494 e. The predicted octanol–water partition coefficient (Wildman–Crippen LogP) is 3.17. The van der Waals surface area contributed by atoms with E-state index < -0.39 is 46.4 Å². The fourth-order valence-corrected chi connectivity index (χ4v) is 5.76. The highest BCUT2D eigenvalue weighted by molar-refractivity contribution is 7.87. The van der Waals surface area contributed by atoms with Crippen LogP contribution in [0.3, 0.4) is 0 Å². The Balaban J connectivity index is 1.57. The minimum absolute atomic E-state index is 0.0643. The molecular formula is C24H29BClFN2O5S. The van der Waals surface area contributed by atoms with E-state index in [9.17, 15) is 17.6 Å². The Morgan fingerprint density at radius 1 is 1.17 bits per heavy atom. The molecule has 188 valence electrons. The van der Waals surface area contributed by atoms with Gasteiger partial charge in [0.2, 0.25) is 0 Å². The molecule has 11 heteroatoms. The van der Waals surface area contributed by atoms with Crippen LogP contribution >= 0.6 is 11.6 Å². The molecule has 0 spiro atoms. The van der Waals surface area contributed by atoms with Crippen molar-refractivity contribution < 1.29 is 26.9 Å². The van der Waals surface area contributed by atoms with Crippen LogP contribution in [0.15, 0.2) is 42.5 Å². The van der Waals surface area contributed by atoms with Crippen LogP contribution < -0.4 is 10.2 Å². The number of likely N-dealkylation sites (N-methyl/N-ethyl adjacent to an activating group) is 1. The van der Waals surface area contributed by atoms with Crippen LogP contribution in [0.4, 0.5) is 4.39 Å². The molecule has 0 saturated carbocycles. The van der Waals surface area contributed by atoms with Gasteiger partial charge in [0.15, 0.2) is 5.78 Å². The Kier molecular flexibility index (Phi) is 6.93. The summed E-state index contributed by atoms with van der Waals surface area (Å²) in [5, 5.41) is -0.0843. The first-order valence-electron chi connectivity index (χ1n) is 11.4. The standard InChI is InChI=1S/C24H29BClFN2O5S/c1-23(2)24(3,4)34-25(33-23)17-8-6-7-16(13-17)20-14-21(29(5)35(31,32)28-20)22(30)12-15-9-10-19(27)18(26)11-15/h6-11,13,20-21,28H,12,14H2,1-5H3. The van der Waals surface area contributed by atoms with Gasteiger partial charge in [-0.25, -0.2) is 4.39 Å². The summed E-state index contributed by atoms with van der Waals surface area (Å²) in [4.78, 5) is 13.1. The Labute approximate surface area is 211 Å². The van der Waals surface area contributed by atoms with Crippen molar-refractivity contribution in [3.8, 4) is 0 Å². The second kappa shape index (κ2) is 9.25. The molecule has 2 heterocycles. The van der Waals surface area contributed by atoms with Gasteiger partial charge in [-0.05, 0) is 62.8 Å². The Morgan fingerprint density at radius 2 is 1.83 bits per heavy atom. The monoisotopic (exact) mass is 522 g/mol. The van der Waals surface area contributed by atoms with Crippen LogP contribution in [-0.2, 0) is 30.7 Å². The number of benzene rings is 2. The van der Waals surface area contributed by atoms with Crippen molar-refractivity contribution in [3.63, 3.8) is 0 Å². The number of Topliss-reactive ketones (excluding diaryl/α,β-unsaturated/α-hetero) is 1. The zero-order chi connectivity index (χ0) is 25.8. The molecule has 2 saturated heterocycles. The number of nitrogens with one attached hydrogen (secondary N) is 1. The van der Waals surface area contributed by atoms with Gasteiger partial charge in [0.05, 0.1) is 22.3 Å². The van der Waals surface area contributed by atoms with Crippen LogP contribution in [0.2, 0.25) is 5.02 Å². The van der Waals surface area contributed by atoms with Crippen molar-refractivity contribution in [2.75, 3.05) is 7.05 Å². The molecule has 0 aromatic heterocycles. The normalized spacial score (nSPS) is 25.5. The van der Waals surface area contributed by atoms with Gasteiger partial charge < -0.3 is 9.31 Å². The first-order valence-corrected chi connectivity index (χ1v) is 13.2. The summed E-state index contributed by atoms with van der Waals surface area (Å²) < 4.78 is 55.2. The molecule has 0 aliphatic carbocycles. The first-order chi connectivity index (χ1) is 16.2. The third-order valence-corrected chi connectivity index (χ3v) is 9.03. The van der Waals surface area contributed by atoms with Crippen LogP contribution in [0.1, 0.15) is 51.3 Å². The molecule has 2 unspecified atom stereocenters. The van der Waals surface area contributed by atoms with Crippen molar-refractivity contribution in [2.45, 2.75) is 63.8 Å². The third kappa shape index (κ3) is 5.19. The molecule has 0 amide bonds. The van der Waals surface area contributed by atoms with Crippen LogP contribution in [-0.4, -0.2) is 49.9 Å². The van der Waals surface area contributed by atoms with Gasteiger partial charge in [0.25, 0.3) is 10.2 Å². The molecule has 35 heavy (non-hydrogen) atoms. The minimum Gasteiger partial charge on any atom is -0.399 e. The van der Waals surface area contributed by atoms with E-state index in [1.165, 1.54) is 25.2 Å². The minimum atomic E-state index is -3.92. The molecule has 2 aromatic rings. The highest BCUT2D eigenvalue weighted by Gasteiger charge is 2.52. The largest absolute Gasteiger partial charge is 0.494 e. The van der Waals surface area contributed by atoms with E-state index in [0.717, 1.165) is 9.77 Å². The van der Waals surface area contributed by atoms with E-state index in [0.29, 0.717) is 11.1 Å². The van der Waals surface area contributed by atoms with Crippen LogP contribution in [0.5, 0.6) is 0 Å². The summed E-state index contributed by atoms with van der Waals surface area (Å²) in [6, 6.07) is 9.89. The van der Waals surface area contributed by atoms with Crippen LogP contribution in [0, 0.1) is 5.82 Å². The molecule has 7 nitrogen and oxygen atoms in total.